The number of nitrogens with one attached hydrogen (secondary N) is 1. The molecule has 2 aromatic rings. The molecule has 2 N–H and O–H groups in total. The number of rotatable bonds is 4. The van der Waals surface area contributed by atoms with E-state index in [1.54, 1.807) is 12.3 Å². The second-order valence-corrected chi connectivity index (χ2v) is 4.65. The van der Waals surface area contributed by atoms with Crippen LogP contribution in [0.15, 0.2) is 52.0 Å². The number of anilines is 1. The van der Waals surface area contributed by atoms with Gasteiger partial charge in [-0.2, -0.15) is 5.10 Å². The summed E-state index contributed by atoms with van der Waals surface area (Å²) in [5, 5.41) is 13.9. The van der Waals surface area contributed by atoms with E-state index in [0.717, 1.165) is 11.3 Å². The highest BCUT2D eigenvalue weighted by molar-refractivity contribution is 9.10. The predicted octanol–water partition coefficient (Wildman–Crippen LogP) is 3.61. The largest absolute Gasteiger partial charge is 0.504 e. The molecule has 0 aliphatic heterocycles. The minimum atomic E-state index is 0.0676. The summed E-state index contributed by atoms with van der Waals surface area (Å²) >= 11 is 3.33. The Morgan fingerprint density at radius 3 is 2.63 bits per heavy atom. The number of halogens is 1. The fourth-order valence-corrected chi connectivity index (χ4v) is 2.20. The molecule has 0 aromatic heterocycles. The lowest BCUT2D eigenvalue weighted by atomic mass is 10.2. The Bertz CT molecular complexity index is 562. The van der Waals surface area contributed by atoms with Gasteiger partial charge in [0.05, 0.1) is 23.5 Å². The van der Waals surface area contributed by atoms with E-state index >= 15 is 0 Å². The third-order valence-corrected chi connectivity index (χ3v) is 3.02. The van der Waals surface area contributed by atoms with Gasteiger partial charge in [0.2, 0.25) is 0 Å². The van der Waals surface area contributed by atoms with Gasteiger partial charge in [-0.3, -0.25) is 5.43 Å². The Morgan fingerprint density at radius 2 is 2.00 bits per heavy atom. The van der Waals surface area contributed by atoms with E-state index in [9.17, 15) is 5.11 Å². The summed E-state index contributed by atoms with van der Waals surface area (Å²) in [4.78, 5) is 0. The van der Waals surface area contributed by atoms with Crippen LogP contribution >= 0.6 is 15.9 Å². The summed E-state index contributed by atoms with van der Waals surface area (Å²) in [5.41, 5.74) is 4.56. The van der Waals surface area contributed by atoms with Crippen LogP contribution in [0.1, 0.15) is 5.56 Å². The quantitative estimate of drug-likeness (QED) is 0.668. The van der Waals surface area contributed by atoms with Crippen molar-refractivity contribution in [3.63, 3.8) is 0 Å². The molecule has 2 aromatic carbocycles. The van der Waals surface area contributed by atoms with Gasteiger partial charge in [0, 0.05) is 0 Å². The zero-order valence-corrected chi connectivity index (χ0v) is 11.9. The number of para-hydroxylation sites is 1. The number of benzene rings is 2. The number of hydrogen-bond donors (Lipinski definition) is 2. The van der Waals surface area contributed by atoms with Crippen LogP contribution in [-0.4, -0.2) is 18.4 Å². The molecule has 0 aliphatic carbocycles. The zero-order chi connectivity index (χ0) is 13.7. The summed E-state index contributed by atoms with van der Waals surface area (Å²) in [5.74, 6) is 0.478. The average molecular weight is 321 g/mol. The van der Waals surface area contributed by atoms with E-state index in [1.165, 1.54) is 7.11 Å². The third-order valence-electron chi connectivity index (χ3n) is 2.43. The highest BCUT2D eigenvalue weighted by Crippen LogP contribution is 2.34. The molecule has 0 unspecified atom stereocenters. The van der Waals surface area contributed by atoms with Crippen LogP contribution in [0, 0.1) is 0 Å². The molecule has 0 amide bonds. The van der Waals surface area contributed by atoms with Crippen LogP contribution in [0.4, 0.5) is 5.69 Å². The molecule has 2 rings (SSSR count). The number of methoxy groups -OCH3 is 1. The Kier molecular flexibility index (Phi) is 4.41. The predicted molar refractivity (Wildman–Crippen MR) is 80.0 cm³/mol. The van der Waals surface area contributed by atoms with Crippen LogP contribution in [-0.2, 0) is 0 Å². The van der Waals surface area contributed by atoms with Gasteiger partial charge in [0.1, 0.15) is 0 Å². The zero-order valence-electron chi connectivity index (χ0n) is 10.3. The molecule has 5 heteroatoms. The normalized spacial score (nSPS) is 10.6. The van der Waals surface area contributed by atoms with E-state index in [4.69, 9.17) is 4.74 Å². The molecule has 0 fully saturated rings. The molecule has 19 heavy (non-hydrogen) atoms. The monoisotopic (exact) mass is 320 g/mol. The van der Waals surface area contributed by atoms with Crippen molar-refractivity contribution in [2.24, 2.45) is 5.10 Å². The summed E-state index contributed by atoms with van der Waals surface area (Å²) < 4.78 is 5.72. The lowest BCUT2D eigenvalue weighted by Gasteiger charge is -2.06. The van der Waals surface area contributed by atoms with E-state index < -0.39 is 0 Å². The van der Waals surface area contributed by atoms with Crippen molar-refractivity contribution < 1.29 is 9.84 Å². The van der Waals surface area contributed by atoms with E-state index in [0.29, 0.717) is 10.2 Å². The summed E-state index contributed by atoms with van der Waals surface area (Å²) in [6, 6.07) is 13.0. The van der Waals surface area contributed by atoms with E-state index in [2.05, 4.69) is 26.5 Å². The van der Waals surface area contributed by atoms with Gasteiger partial charge >= 0.3 is 0 Å². The maximum Gasteiger partial charge on any atom is 0.174 e. The van der Waals surface area contributed by atoms with Crippen LogP contribution in [0.25, 0.3) is 0 Å². The topological polar surface area (TPSA) is 53.9 Å². The van der Waals surface area contributed by atoms with Crippen molar-refractivity contribution in [1.82, 2.24) is 0 Å². The van der Waals surface area contributed by atoms with Gasteiger partial charge in [-0.1, -0.05) is 18.2 Å². The molecule has 0 spiro atoms. The van der Waals surface area contributed by atoms with Crippen LogP contribution < -0.4 is 10.2 Å². The molecule has 0 bridgehead atoms. The van der Waals surface area contributed by atoms with Crippen molar-refractivity contribution in [3.8, 4) is 11.5 Å². The molecule has 0 radical (unpaired) electrons. The van der Waals surface area contributed by atoms with Crippen molar-refractivity contribution in [1.29, 1.82) is 0 Å². The fraction of sp³-hybridized carbons (Fsp3) is 0.0714. The molecular formula is C14H13BrN2O2. The van der Waals surface area contributed by atoms with Gasteiger partial charge in [0.15, 0.2) is 11.5 Å². The second kappa shape index (κ2) is 6.24. The van der Waals surface area contributed by atoms with Crippen molar-refractivity contribution in [2.75, 3.05) is 12.5 Å². The first-order valence-corrected chi connectivity index (χ1v) is 6.40. The van der Waals surface area contributed by atoms with Crippen LogP contribution in [0.5, 0.6) is 11.5 Å². The summed E-state index contributed by atoms with van der Waals surface area (Å²) in [7, 11) is 1.50. The number of ether oxygens (including phenoxy) is 1. The molecule has 0 atom stereocenters. The Balaban J connectivity index is 2.11. The van der Waals surface area contributed by atoms with Crippen LogP contribution in [0.3, 0.4) is 0 Å². The van der Waals surface area contributed by atoms with Gasteiger partial charge in [-0.05, 0) is 45.8 Å². The smallest absolute Gasteiger partial charge is 0.174 e. The lowest BCUT2D eigenvalue weighted by molar-refractivity contribution is 0.371. The van der Waals surface area contributed by atoms with Crippen molar-refractivity contribution in [3.05, 3.63) is 52.5 Å². The molecule has 0 saturated carbocycles. The van der Waals surface area contributed by atoms with E-state index in [1.807, 2.05) is 36.4 Å². The Labute approximate surface area is 119 Å². The minimum absolute atomic E-state index is 0.0676. The first kappa shape index (κ1) is 13.4. The number of aromatic hydroxyl groups is 1. The summed E-state index contributed by atoms with van der Waals surface area (Å²) in [6.45, 7) is 0. The molecule has 0 saturated heterocycles. The number of phenols is 1. The van der Waals surface area contributed by atoms with Gasteiger partial charge in [-0.25, -0.2) is 0 Å². The lowest BCUT2D eigenvalue weighted by Crippen LogP contribution is -1.92. The highest BCUT2D eigenvalue weighted by atomic mass is 79.9. The number of nitrogens with zero attached hydrogens (tertiary/aromatic N) is 1. The number of hydrazone groups is 1. The van der Waals surface area contributed by atoms with Gasteiger partial charge in [0.25, 0.3) is 0 Å². The standard InChI is InChI=1S/C14H13BrN2O2/c1-19-14-12(15)7-10(8-13(14)18)9-16-17-11-5-3-2-4-6-11/h2-9,17-18H,1H3/b16-9-. The molecular weight excluding hydrogens is 308 g/mol. The number of phenolic OH excluding ortho intramolecular Hbond substituents is 1. The second-order valence-electron chi connectivity index (χ2n) is 3.79. The SMILES string of the molecule is COc1c(O)cc(/C=N\Nc2ccccc2)cc1Br. The summed E-state index contributed by atoms with van der Waals surface area (Å²) in [6.07, 6.45) is 1.62. The van der Waals surface area contributed by atoms with E-state index in [-0.39, 0.29) is 5.75 Å². The van der Waals surface area contributed by atoms with Gasteiger partial charge < -0.3 is 9.84 Å². The molecule has 4 nitrogen and oxygen atoms in total. The minimum Gasteiger partial charge on any atom is -0.504 e. The maximum absolute atomic E-state index is 9.75. The third kappa shape index (κ3) is 3.48. The van der Waals surface area contributed by atoms with Crippen molar-refractivity contribution in [2.45, 2.75) is 0 Å². The van der Waals surface area contributed by atoms with Crippen LogP contribution in [0.2, 0.25) is 0 Å². The average Bonchev–Trinajstić information content (AvgIpc) is 2.40. The van der Waals surface area contributed by atoms with Gasteiger partial charge in [-0.15, -0.1) is 0 Å². The fourth-order valence-electron chi connectivity index (χ4n) is 1.57. The Hall–Kier alpha value is -2.01. The molecule has 0 heterocycles. The highest BCUT2D eigenvalue weighted by Gasteiger charge is 2.07. The maximum atomic E-state index is 9.75. The van der Waals surface area contributed by atoms with Crippen molar-refractivity contribution >= 4 is 27.8 Å². The first-order chi connectivity index (χ1) is 9.20. The first-order valence-electron chi connectivity index (χ1n) is 5.61. The molecule has 98 valence electrons. The number of hydrogen-bond acceptors (Lipinski definition) is 4. The Morgan fingerprint density at radius 1 is 1.26 bits per heavy atom. The molecule has 0 aliphatic rings.